The largest absolute Gasteiger partial charge is 0.359 e. The number of carbonyl (C=O) groups is 1. The fourth-order valence-electron chi connectivity index (χ4n) is 7.38. The van der Waals surface area contributed by atoms with E-state index in [0.29, 0.717) is 17.8 Å². The van der Waals surface area contributed by atoms with Crippen LogP contribution in [-0.2, 0) is 28.5 Å². The lowest BCUT2D eigenvalue weighted by molar-refractivity contribution is -0.399. The number of allylic oxidation sites excluding steroid dienone is 4. The van der Waals surface area contributed by atoms with Gasteiger partial charge in [0.2, 0.25) is 0 Å². The number of ether oxygens (including phenoxy) is 5. The Morgan fingerprint density at radius 3 is 2.76 bits per heavy atom. The second-order valence-electron chi connectivity index (χ2n) is 9.78. The molecular formula is C23H32O6. The monoisotopic (exact) mass is 404 g/mol. The molecule has 3 saturated carbocycles. The predicted molar refractivity (Wildman–Crippen MR) is 104 cm³/mol. The minimum Gasteiger partial charge on any atom is -0.359 e. The van der Waals surface area contributed by atoms with Crippen molar-refractivity contribution in [2.24, 2.45) is 28.6 Å². The minimum absolute atomic E-state index is 0.0118. The van der Waals surface area contributed by atoms with E-state index in [1.807, 2.05) is 6.08 Å². The van der Waals surface area contributed by atoms with Crippen LogP contribution in [-0.4, -0.2) is 45.2 Å². The van der Waals surface area contributed by atoms with E-state index in [1.165, 1.54) is 5.57 Å². The first kappa shape index (κ1) is 19.9. The van der Waals surface area contributed by atoms with Gasteiger partial charge in [-0.3, -0.25) is 4.79 Å². The molecule has 4 aliphatic carbocycles. The van der Waals surface area contributed by atoms with Crippen molar-refractivity contribution in [1.29, 1.82) is 0 Å². The summed E-state index contributed by atoms with van der Waals surface area (Å²) >= 11 is 0. The molecule has 1 spiro atoms. The average Bonchev–Trinajstić information content (AvgIpc) is 2.99. The van der Waals surface area contributed by atoms with Crippen LogP contribution in [0.15, 0.2) is 23.8 Å². The van der Waals surface area contributed by atoms with E-state index in [9.17, 15) is 4.79 Å². The van der Waals surface area contributed by atoms with Crippen molar-refractivity contribution >= 4 is 5.78 Å². The van der Waals surface area contributed by atoms with Gasteiger partial charge in [0.25, 0.3) is 0 Å². The van der Waals surface area contributed by atoms with Gasteiger partial charge < -0.3 is 23.7 Å². The summed E-state index contributed by atoms with van der Waals surface area (Å²) in [5.41, 5.74) is 0.971. The number of rotatable bonds is 3. The summed E-state index contributed by atoms with van der Waals surface area (Å²) in [5.74, 6) is 0.817. The van der Waals surface area contributed by atoms with E-state index in [4.69, 9.17) is 23.7 Å². The Kier molecular flexibility index (Phi) is 4.79. The van der Waals surface area contributed by atoms with Gasteiger partial charge in [-0.15, -0.1) is 0 Å². The van der Waals surface area contributed by atoms with E-state index >= 15 is 0 Å². The molecular weight excluding hydrogens is 372 g/mol. The molecule has 1 heterocycles. The summed E-state index contributed by atoms with van der Waals surface area (Å²) in [7, 11) is 1.67. The molecule has 0 aromatic carbocycles. The van der Waals surface area contributed by atoms with Crippen LogP contribution >= 0.6 is 0 Å². The lowest BCUT2D eigenvalue weighted by atomic mass is 9.47. The number of fused-ring (bicyclic) bond motifs is 6. The Labute approximate surface area is 172 Å². The van der Waals surface area contributed by atoms with Gasteiger partial charge in [0.1, 0.15) is 6.79 Å². The zero-order chi connectivity index (χ0) is 20.3. The van der Waals surface area contributed by atoms with Crippen LogP contribution < -0.4 is 0 Å². The Hall–Kier alpha value is -1.05. The number of methoxy groups -OCH3 is 1. The summed E-state index contributed by atoms with van der Waals surface area (Å²) in [6.45, 7) is 5.45. The van der Waals surface area contributed by atoms with Crippen LogP contribution in [0.5, 0.6) is 0 Å². The fraction of sp³-hybridized carbons (Fsp3) is 0.783. The molecule has 6 heteroatoms. The zero-order valence-corrected chi connectivity index (χ0v) is 17.6. The topological polar surface area (TPSA) is 63.2 Å². The molecule has 6 atom stereocenters. The number of carbonyl (C=O) groups excluding carboxylic acids is 1. The molecule has 1 saturated heterocycles. The van der Waals surface area contributed by atoms with Crippen molar-refractivity contribution in [2.45, 2.75) is 57.8 Å². The van der Waals surface area contributed by atoms with E-state index in [2.05, 4.69) is 19.9 Å². The number of ketones is 1. The Balaban J connectivity index is 1.55. The van der Waals surface area contributed by atoms with Gasteiger partial charge >= 0.3 is 0 Å². The molecule has 29 heavy (non-hydrogen) atoms. The highest BCUT2D eigenvalue weighted by Gasteiger charge is 2.68. The van der Waals surface area contributed by atoms with E-state index in [1.54, 1.807) is 13.2 Å². The smallest absolute Gasteiger partial charge is 0.179 e. The van der Waals surface area contributed by atoms with Crippen LogP contribution in [0.2, 0.25) is 0 Å². The summed E-state index contributed by atoms with van der Waals surface area (Å²) in [6.07, 6.45) is 10.6. The Morgan fingerprint density at radius 1 is 1.21 bits per heavy atom. The standard InChI is InChI=1S/C23H32O6/c1-21-8-6-16(24)10-15(21)4-5-17-18-7-9-23(28-13-26-14-29-23)22(18,2)11-19(20(17)21)27-12-25-3/h6,8,10,17-20H,4-5,7,9,11-14H2,1-3H3/t17-,18-,19-,20+,21-,22-/m0/s1. The maximum absolute atomic E-state index is 12.1. The lowest BCUT2D eigenvalue weighted by Crippen LogP contribution is -2.62. The van der Waals surface area contributed by atoms with Crippen LogP contribution in [0.25, 0.3) is 0 Å². The maximum Gasteiger partial charge on any atom is 0.179 e. The molecule has 0 bridgehead atoms. The predicted octanol–water partition coefficient (Wildman–Crippen LogP) is 3.57. The molecule has 160 valence electrons. The Bertz CT molecular complexity index is 738. The zero-order valence-electron chi connectivity index (χ0n) is 17.6. The molecule has 0 unspecified atom stereocenters. The normalized spacial score (nSPS) is 45.5. The van der Waals surface area contributed by atoms with Gasteiger partial charge in [-0.1, -0.05) is 25.5 Å². The highest BCUT2D eigenvalue weighted by atomic mass is 16.9. The molecule has 4 fully saturated rings. The second-order valence-corrected chi connectivity index (χ2v) is 9.78. The molecule has 0 N–H and O–H groups in total. The molecule has 1 aliphatic heterocycles. The second kappa shape index (κ2) is 6.99. The summed E-state index contributed by atoms with van der Waals surface area (Å²) in [6, 6.07) is 0. The van der Waals surface area contributed by atoms with Crippen LogP contribution in [0, 0.1) is 28.6 Å². The van der Waals surface area contributed by atoms with Crippen molar-refractivity contribution in [2.75, 3.05) is 27.5 Å². The highest BCUT2D eigenvalue weighted by Crippen LogP contribution is 2.68. The van der Waals surface area contributed by atoms with Crippen LogP contribution in [0.3, 0.4) is 0 Å². The molecule has 0 radical (unpaired) electrons. The number of hydrogen-bond acceptors (Lipinski definition) is 6. The third-order valence-electron chi connectivity index (χ3n) is 8.67. The van der Waals surface area contributed by atoms with Crippen molar-refractivity contribution in [3.63, 3.8) is 0 Å². The van der Waals surface area contributed by atoms with E-state index in [-0.39, 0.29) is 43.1 Å². The summed E-state index contributed by atoms with van der Waals surface area (Å²) in [5, 5.41) is 0. The fourth-order valence-corrected chi connectivity index (χ4v) is 7.38. The third-order valence-corrected chi connectivity index (χ3v) is 8.67. The highest BCUT2D eigenvalue weighted by molar-refractivity contribution is 6.01. The summed E-state index contributed by atoms with van der Waals surface area (Å²) < 4.78 is 29.3. The van der Waals surface area contributed by atoms with Crippen LogP contribution in [0.1, 0.15) is 46.0 Å². The molecule has 0 amide bonds. The van der Waals surface area contributed by atoms with Crippen molar-refractivity contribution in [1.82, 2.24) is 0 Å². The third kappa shape index (κ3) is 2.76. The van der Waals surface area contributed by atoms with Gasteiger partial charge in [0, 0.05) is 30.3 Å². The first-order valence-corrected chi connectivity index (χ1v) is 10.8. The molecule has 0 aromatic heterocycles. The first-order chi connectivity index (χ1) is 13.9. The first-order valence-electron chi connectivity index (χ1n) is 10.8. The van der Waals surface area contributed by atoms with Gasteiger partial charge in [-0.2, -0.15) is 0 Å². The minimum atomic E-state index is -0.592. The van der Waals surface area contributed by atoms with Crippen molar-refractivity contribution < 1.29 is 28.5 Å². The van der Waals surface area contributed by atoms with Gasteiger partial charge in [-0.05, 0) is 49.7 Å². The van der Waals surface area contributed by atoms with Gasteiger partial charge in [-0.25, -0.2) is 0 Å². The van der Waals surface area contributed by atoms with Crippen molar-refractivity contribution in [3.8, 4) is 0 Å². The molecule has 5 aliphatic rings. The molecule has 5 rings (SSSR count). The summed E-state index contributed by atoms with van der Waals surface area (Å²) in [4.78, 5) is 12.1. The van der Waals surface area contributed by atoms with E-state index in [0.717, 1.165) is 32.1 Å². The van der Waals surface area contributed by atoms with Gasteiger partial charge in [0.05, 0.1) is 6.10 Å². The maximum atomic E-state index is 12.1. The van der Waals surface area contributed by atoms with Crippen LogP contribution in [0.4, 0.5) is 0 Å². The quantitative estimate of drug-likeness (QED) is 0.670. The molecule has 6 nitrogen and oxygen atoms in total. The SMILES string of the molecule is COCO[C@H]1C[C@@]2(C)[C@@H](CCC23OCOCO3)[C@@H]2CCC3=CC(=O)C=C[C@]3(C)[C@H]21. The van der Waals surface area contributed by atoms with E-state index < -0.39 is 5.79 Å². The lowest BCUT2D eigenvalue weighted by Gasteiger charge is -2.61. The van der Waals surface area contributed by atoms with Crippen molar-refractivity contribution in [3.05, 3.63) is 23.8 Å². The molecule has 0 aromatic rings. The van der Waals surface area contributed by atoms with Gasteiger partial charge in [0.15, 0.2) is 25.2 Å². The Morgan fingerprint density at radius 2 is 2.00 bits per heavy atom. The average molecular weight is 405 g/mol. The number of hydrogen-bond donors (Lipinski definition) is 0.